The summed E-state index contributed by atoms with van der Waals surface area (Å²) in [6.07, 6.45) is 4.86. The van der Waals surface area contributed by atoms with Crippen LogP contribution in [0.1, 0.15) is 36.4 Å². The molecule has 0 N–H and O–H groups in total. The lowest BCUT2D eigenvalue weighted by Crippen LogP contribution is -1.71. The van der Waals surface area contributed by atoms with E-state index < -0.39 is 0 Å². The maximum atomic E-state index is 2.29. The minimum absolute atomic E-state index is 1.20. The normalized spacial score (nSPS) is 11.1. The van der Waals surface area contributed by atoms with Crippen LogP contribution in [0.25, 0.3) is 19.5 Å². The van der Waals surface area contributed by atoms with Crippen LogP contribution in [0.2, 0.25) is 0 Å². The van der Waals surface area contributed by atoms with E-state index in [-0.39, 0.29) is 0 Å². The first-order valence-electron chi connectivity index (χ1n) is 7.58. The average molecular weight is 333 g/mol. The molecule has 0 unspecified atom stereocenters. The van der Waals surface area contributed by atoms with E-state index in [9.17, 15) is 0 Å². The second-order valence-electron chi connectivity index (χ2n) is 5.20. The van der Waals surface area contributed by atoms with E-state index >= 15 is 0 Å². The Balaban J connectivity index is 1.81. The first-order chi connectivity index (χ1) is 10.3. The van der Waals surface area contributed by atoms with E-state index in [4.69, 9.17) is 0 Å². The van der Waals surface area contributed by atoms with E-state index in [1.807, 2.05) is 34.0 Å². The molecular formula is C18H20S3. The molecule has 0 amide bonds. The van der Waals surface area contributed by atoms with Crippen molar-refractivity contribution >= 4 is 34.0 Å². The van der Waals surface area contributed by atoms with Crippen molar-refractivity contribution in [2.24, 2.45) is 0 Å². The Bertz CT molecular complexity index is 641. The Morgan fingerprint density at radius 3 is 1.38 bits per heavy atom. The lowest BCUT2D eigenvalue weighted by Gasteiger charge is -1.92. The van der Waals surface area contributed by atoms with Gasteiger partial charge in [-0.25, -0.2) is 0 Å². The van der Waals surface area contributed by atoms with Gasteiger partial charge < -0.3 is 0 Å². The maximum Gasteiger partial charge on any atom is 0.0449 e. The molecule has 0 saturated carbocycles. The zero-order valence-electron chi connectivity index (χ0n) is 12.5. The summed E-state index contributed by atoms with van der Waals surface area (Å²) in [6, 6.07) is 13.7. The lowest BCUT2D eigenvalue weighted by molar-refractivity contribution is 0.940. The number of hydrogen-bond acceptors (Lipinski definition) is 3. The van der Waals surface area contributed by atoms with Gasteiger partial charge >= 0.3 is 0 Å². The van der Waals surface area contributed by atoms with Crippen molar-refractivity contribution in [3.8, 4) is 19.5 Å². The molecule has 0 aliphatic carbocycles. The summed E-state index contributed by atoms with van der Waals surface area (Å²) >= 11 is 5.82. The van der Waals surface area contributed by atoms with Crippen molar-refractivity contribution < 1.29 is 0 Å². The zero-order chi connectivity index (χ0) is 14.7. The quantitative estimate of drug-likeness (QED) is 0.451. The Hall–Kier alpha value is -0.900. The molecule has 0 atom stereocenters. The molecule has 0 aromatic carbocycles. The zero-order valence-corrected chi connectivity index (χ0v) is 15.0. The van der Waals surface area contributed by atoms with Crippen LogP contribution in [0, 0.1) is 0 Å². The van der Waals surface area contributed by atoms with Gasteiger partial charge in [0.1, 0.15) is 0 Å². The van der Waals surface area contributed by atoms with Crippen LogP contribution >= 0.6 is 34.0 Å². The van der Waals surface area contributed by atoms with E-state index in [0.717, 1.165) is 0 Å². The molecule has 0 saturated heterocycles. The van der Waals surface area contributed by atoms with Crippen molar-refractivity contribution in [1.82, 2.24) is 0 Å². The highest BCUT2D eigenvalue weighted by atomic mass is 32.1. The number of aryl methyl sites for hydroxylation is 2. The largest absolute Gasteiger partial charge is 0.139 e. The minimum atomic E-state index is 1.20. The van der Waals surface area contributed by atoms with Crippen molar-refractivity contribution in [2.45, 2.75) is 39.5 Å². The fourth-order valence-electron chi connectivity index (χ4n) is 2.38. The summed E-state index contributed by atoms with van der Waals surface area (Å²) < 4.78 is 0. The predicted octanol–water partition coefficient (Wildman–Crippen LogP) is 7.11. The number of hydrogen-bond donors (Lipinski definition) is 0. The van der Waals surface area contributed by atoms with Gasteiger partial charge in [-0.2, -0.15) is 0 Å². The molecule has 0 bridgehead atoms. The molecule has 3 aromatic heterocycles. The first kappa shape index (κ1) is 15.0. The molecule has 3 heterocycles. The van der Waals surface area contributed by atoms with E-state index in [1.54, 1.807) is 0 Å². The maximum absolute atomic E-state index is 2.29. The Morgan fingerprint density at radius 2 is 0.952 bits per heavy atom. The molecule has 3 aromatic rings. The Morgan fingerprint density at radius 1 is 0.571 bits per heavy atom. The van der Waals surface area contributed by atoms with E-state index in [2.05, 4.69) is 50.2 Å². The third-order valence-corrected chi connectivity index (χ3v) is 7.17. The summed E-state index contributed by atoms with van der Waals surface area (Å²) in [5.74, 6) is 0. The number of thiophene rings is 3. The lowest BCUT2D eigenvalue weighted by atomic mass is 10.3. The van der Waals surface area contributed by atoms with Gasteiger partial charge in [0, 0.05) is 29.3 Å². The fourth-order valence-corrected chi connectivity index (χ4v) is 5.79. The average Bonchev–Trinajstić information content (AvgIpc) is 3.18. The topological polar surface area (TPSA) is 0 Å². The highest BCUT2D eigenvalue weighted by Gasteiger charge is 2.09. The smallest absolute Gasteiger partial charge is 0.0449 e. The van der Waals surface area contributed by atoms with Crippen LogP contribution < -0.4 is 0 Å². The summed E-state index contributed by atoms with van der Waals surface area (Å²) in [6.45, 7) is 4.49. The van der Waals surface area contributed by atoms with Crippen LogP contribution in [0.15, 0.2) is 36.4 Å². The van der Waals surface area contributed by atoms with Crippen molar-refractivity contribution in [2.75, 3.05) is 0 Å². The molecule has 0 radical (unpaired) electrons. The van der Waals surface area contributed by atoms with Crippen LogP contribution in [-0.2, 0) is 12.8 Å². The Labute approximate surface area is 139 Å². The molecular weight excluding hydrogens is 312 g/mol. The van der Waals surface area contributed by atoms with E-state index in [1.165, 1.54) is 54.9 Å². The second-order valence-corrected chi connectivity index (χ2v) is 8.62. The van der Waals surface area contributed by atoms with Gasteiger partial charge in [0.25, 0.3) is 0 Å². The monoisotopic (exact) mass is 332 g/mol. The molecule has 3 rings (SSSR count). The van der Waals surface area contributed by atoms with Crippen molar-refractivity contribution in [1.29, 1.82) is 0 Å². The van der Waals surface area contributed by atoms with E-state index in [0.29, 0.717) is 0 Å². The highest BCUT2D eigenvalue weighted by Crippen LogP contribution is 2.40. The molecule has 0 fully saturated rings. The van der Waals surface area contributed by atoms with Crippen LogP contribution in [-0.4, -0.2) is 0 Å². The third kappa shape index (κ3) is 3.47. The first-order valence-corrected chi connectivity index (χ1v) is 10.0. The highest BCUT2D eigenvalue weighted by molar-refractivity contribution is 7.26. The molecule has 0 nitrogen and oxygen atoms in total. The second kappa shape index (κ2) is 6.91. The van der Waals surface area contributed by atoms with Gasteiger partial charge in [-0.1, -0.05) is 26.7 Å². The van der Waals surface area contributed by atoms with Gasteiger partial charge in [0.2, 0.25) is 0 Å². The van der Waals surface area contributed by atoms with Crippen LogP contribution in [0.5, 0.6) is 0 Å². The number of rotatable bonds is 6. The summed E-state index contributed by atoms with van der Waals surface area (Å²) in [4.78, 5) is 8.65. The Kier molecular flexibility index (Phi) is 4.94. The van der Waals surface area contributed by atoms with Gasteiger partial charge in [-0.3, -0.25) is 0 Å². The van der Waals surface area contributed by atoms with Crippen LogP contribution in [0.4, 0.5) is 0 Å². The van der Waals surface area contributed by atoms with Gasteiger partial charge in [0.05, 0.1) is 0 Å². The molecule has 110 valence electrons. The third-order valence-electron chi connectivity index (χ3n) is 3.41. The van der Waals surface area contributed by atoms with Crippen LogP contribution in [0.3, 0.4) is 0 Å². The fraction of sp³-hybridized carbons (Fsp3) is 0.333. The minimum Gasteiger partial charge on any atom is -0.139 e. The SMILES string of the molecule is CCCc1ccc(-c2ccc(-c3ccc(CCC)s3)s2)s1. The predicted molar refractivity (Wildman–Crippen MR) is 98.9 cm³/mol. The van der Waals surface area contributed by atoms with Crippen molar-refractivity contribution in [3.05, 3.63) is 46.2 Å². The molecule has 0 spiro atoms. The molecule has 0 aliphatic heterocycles. The standard InChI is InChI=1S/C18H20S3/c1-3-5-13-7-9-15(19-13)17-11-12-18(21-17)16-10-8-14(20-16)6-4-2/h7-12H,3-6H2,1-2H3. The summed E-state index contributed by atoms with van der Waals surface area (Å²) in [5.41, 5.74) is 0. The molecule has 0 aliphatic rings. The summed E-state index contributed by atoms with van der Waals surface area (Å²) in [7, 11) is 0. The van der Waals surface area contributed by atoms with Gasteiger partial charge in [-0.05, 0) is 49.2 Å². The van der Waals surface area contributed by atoms with Crippen molar-refractivity contribution in [3.63, 3.8) is 0 Å². The molecule has 21 heavy (non-hydrogen) atoms. The van der Waals surface area contributed by atoms with Gasteiger partial charge in [0.15, 0.2) is 0 Å². The molecule has 3 heteroatoms. The van der Waals surface area contributed by atoms with Gasteiger partial charge in [-0.15, -0.1) is 34.0 Å². The summed E-state index contributed by atoms with van der Waals surface area (Å²) in [5, 5.41) is 0.